The predicted molar refractivity (Wildman–Crippen MR) is 50.0 cm³/mol. The van der Waals surface area contributed by atoms with Crippen LogP contribution in [0.5, 0.6) is 0 Å². The molecule has 1 rings (SSSR count). The fourth-order valence-corrected chi connectivity index (χ4v) is 3.42. The van der Waals surface area contributed by atoms with Gasteiger partial charge in [-0.25, -0.2) is 8.42 Å². The average Bonchev–Trinajstić information content (AvgIpc) is 2.32. The fraction of sp³-hybridized carbons (Fsp3) is 0.429. The smallest absolute Gasteiger partial charge is 0.189 e. The van der Waals surface area contributed by atoms with Gasteiger partial charge in [0.25, 0.3) is 0 Å². The Morgan fingerprint density at radius 3 is 2.75 bits per heavy atom. The molecule has 5 heteroatoms. The third-order valence-electron chi connectivity index (χ3n) is 1.28. The zero-order valence-corrected chi connectivity index (χ0v) is 8.36. The van der Waals surface area contributed by atoms with Gasteiger partial charge in [0.1, 0.15) is 4.21 Å². The van der Waals surface area contributed by atoms with E-state index in [0.717, 1.165) is 0 Å². The highest BCUT2D eigenvalue weighted by molar-refractivity contribution is 7.93. The highest BCUT2D eigenvalue weighted by atomic mass is 32.2. The summed E-state index contributed by atoms with van der Waals surface area (Å²) in [5.74, 6) is 0.0213. The van der Waals surface area contributed by atoms with E-state index in [9.17, 15) is 8.42 Å². The Hall–Kier alpha value is -0.390. The van der Waals surface area contributed by atoms with Crippen LogP contribution in [0.2, 0.25) is 0 Å². The molecule has 2 N–H and O–H groups in total. The van der Waals surface area contributed by atoms with Crippen molar-refractivity contribution in [1.29, 1.82) is 0 Å². The van der Waals surface area contributed by atoms with Gasteiger partial charge in [-0.1, -0.05) is 6.07 Å². The molecule has 1 atom stereocenters. The number of sulfone groups is 1. The Morgan fingerprint density at radius 2 is 2.33 bits per heavy atom. The molecule has 1 unspecified atom stereocenters. The van der Waals surface area contributed by atoms with E-state index in [-0.39, 0.29) is 11.8 Å². The minimum Gasteiger partial charge on any atom is -0.327 e. The third-order valence-corrected chi connectivity index (χ3v) is 4.71. The van der Waals surface area contributed by atoms with Crippen LogP contribution < -0.4 is 5.73 Å². The van der Waals surface area contributed by atoms with E-state index < -0.39 is 9.84 Å². The molecule has 0 aliphatic carbocycles. The van der Waals surface area contributed by atoms with Crippen LogP contribution in [-0.4, -0.2) is 20.2 Å². The largest absolute Gasteiger partial charge is 0.327 e. The second-order valence-electron chi connectivity index (χ2n) is 2.69. The lowest BCUT2D eigenvalue weighted by Crippen LogP contribution is -2.25. The molecule has 0 aromatic carbocycles. The van der Waals surface area contributed by atoms with Gasteiger partial charge < -0.3 is 5.73 Å². The standard InChI is InChI=1S/C7H11NO2S2/c1-6(8)5-12(9,10)7-3-2-4-11-7/h2-4,6H,5,8H2,1H3. The summed E-state index contributed by atoms with van der Waals surface area (Å²) in [5.41, 5.74) is 5.41. The van der Waals surface area contributed by atoms with Crippen molar-refractivity contribution in [2.24, 2.45) is 5.73 Å². The SMILES string of the molecule is CC(N)CS(=O)(=O)c1cccs1. The lowest BCUT2D eigenvalue weighted by Gasteiger charge is -2.03. The monoisotopic (exact) mass is 205 g/mol. The van der Waals surface area contributed by atoms with Crippen molar-refractivity contribution in [3.63, 3.8) is 0 Å². The van der Waals surface area contributed by atoms with Gasteiger partial charge in [0.15, 0.2) is 9.84 Å². The molecule has 0 saturated carbocycles. The Kier molecular flexibility index (Phi) is 2.87. The van der Waals surface area contributed by atoms with Gasteiger partial charge in [0.05, 0.1) is 5.75 Å². The van der Waals surface area contributed by atoms with Crippen LogP contribution in [0.15, 0.2) is 21.7 Å². The Morgan fingerprint density at radius 1 is 1.67 bits per heavy atom. The summed E-state index contributed by atoms with van der Waals surface area (Å²) in [6.07, 6.45) is 0. The van der Waals surface area contributed by atoms with Gasteiger partial charge in [0, 0.05) is 6.04 Å². The first-order valence-corrected chi connectivity index (χ1v) is 6.07. The van der Waals surface area contributed by atoms with Gasteiger partial charge in [0.2, 0.25) is 0 Å². The van der Waals surface area contributed by atoms with Crippen LogP contribution in [0.4, 0.5) is 0 Å². The molecule has 0 bridgehead atoms. The van der Waals surface area contributed by atoms with Crippen LogP contribution >= 0.6 is 11.3 Å². The molecule has 0 fully saturated rings. The summed E-state index contributed by atoms with van der Waals surface area (Å²) in [6, 6.07) is 3.01. The fourth-order valence-electron chi connectivity index (χ4n) is 0.869. The van der Waals surface area contributed by atoms with E-state index in [2.05, 4.69) is 0 Å². The van der Waals surface area contributed by atoms with E-state index in [1.54, 1.807) is 24.4 Å². The lowest BCUT2D eigenvalue weighted by atomic mass is 10.4. The first kappa shape index (κ1) is 9.70. The van der Waals surface area contributed by atoms with E-state index in [1.807, 2.05) is 0 Å². The molecule has 0 aliphatic rings. The van der Waals surface area contributed by atoms with Gasteiger partial charge >= 0.3 is 0 Å². The molecular weight excluding hydrogens is 194 g/mol. The second-order valence-corrected chi connectivity index (χ2v) is 5.90. The van der Waals surface area contributed by atoms with E-state index in [4.69, 9.17) is 5.73 Å². The van der Waals surface area contributed by atoms with Gasteiger partial charge in [-0.3, -0.25) is 0 Å². The zero-order chi connectivity index (χ0) is 9.19. The Bertz CT molecular complexity index is 326. The van der Waals surface area contributed by atoms with Crippen LogP contribution in [-0.2, 0) is 9.84 Å². The van der Waals surface area contributed by atoms with Crippen LogP contribution in [0.25, 0.3) is 0 Å². The number of nitrogens with two attached hydrogens (primary N) is 1. The van der Waals surface area contributed by atoms with Crippen molar-refractivity contribution in [2.75, 3.05) is 5.75 Å². The number of hydrogen-bond donors (Lipinski definition) is 1. The number of thiophene rings is 1. The van der Waals surface area contributed by atoms with Gasteiger partial charge in [-0.2, -0.15) is 0 Å². The molecule has 12 heavy (non-hydrogen) atoms. The molecule has 1 heterocycles. The minimum atomic E-state index is -3.12. The second kappa shape index (κ2) is 3.55. The topological polar surface area (TPSA) is 60.2 Å². The lowest BCUT2D eigenvalue weighted by molar-refractivity contribution is 0.592. The molecule has 0 spiro atoms. The van der Waals surface area contributed by atoms with E-state index in [0.29, 0.717) is 4.21 Å². The first-order valence-electron chi connectivity index (χ1n) is 3.54. The molecule has 3 nitrogen and oxygen atoms in total. The molecule has 0 saturated heterocycles. The molecule has 0 aliphatic heterocycles. The Labute approximate surface area is 76.1 Å². The van der Waals surface area contributed by atoms with Crippen LogP contribution in [0, 0.1) is 0 Å². The molecule has 1 aromatic rings. The van der Waals surface area contributed by atoms with E-state index in [1.165, 1.54) is 11.3 Å². The highest BCUT2D eigenvalue weighted by Gasteiger charge is 2.16. The summed E-state index contributed by atoms with van der Waals surface area (Å²) in [7, 11) is -3.12. The summed E-state index contributed by atoms with van der Waals surface area (Å²) >= 11 is 1.23. The number of rotatable bonds is 3. The predicted octanol–water partition coefficient (Wildman–Crippen LogP) is 0.869. The summed E-state index contributed by atoms with van der Waals surface area (Å²) in [5, 5.41) is 1.74. The van der Waals surface area contributed by atoms with Gasteiger partial charge in [-0.15, -0.1) is 11.3 Å². The van der Waals surface area contributed by atoms with Crippen LogP contribution in [0.1, 0.15) is 6.92 Å². The van der Waals surface area contributed by atoms with Crippen molar-refractivity contribution in [2.45, 2.75) is 17.2 Å². The molecular formula is C7H11NO2S2. The van der Waals surface area contributed by atoms with Crippen molar-refractivity contribution >= 4 is 21.2 Å². The zero-order valence-electron chi connectivity index (χ0n) is 6.73. The molecule has 0 amide bonds. The van der Waals surface area contributed by atoms with Crippen LogP contribution in [0.3, 0.4) is 0 Å². The maximum atomic E-state index is 11.4. The average molecular weight is 205 g/mol. The molecule has 0 radical (unpaired) electrons. The number of hydrogen-bond acceptors (Lipinski definition) is 4. The van der Waals surface area contributed by atoms with Gasteiger partial charge in [-0.05, 0) is 18.4 Å². The Balaban J connectivity index is 2.88. The molecule has 1 aromatic heterocycles. The summed E-state index contributed by atoms with van der Waals surface area (Å²) < 4.78 is 23.3. The summed E-state index contributed by atoms with van der Waals surface area (Å²) in [4.78, 5) is 0. The highest BCUT2D eigenvalue weighted by Crippen LogP contribution is 2.17. The normalized spacial score (nSPS) is 14.5. The molecule has 68 valence electrons. The van der Waals surface area contributed by atoms with Crippen molar-refractivity contribution in [1.82, 2.24) is 0 Å². The van der Waals surface area contributed by atoms with Crippen molar-refractivity contribution in [3.8, 4) is 0 Å². The quantitative estimate of drug-likeness (QED) is 0.796. The maximum Gasteiger partial charge on any atom is 0.189 e. The van der Waals surface area contributed by atoms with Crippen molar-refractivity contribution < 1.29 is 8.42 Å². The third kappa shape index (κ3) is 2.30. The maximum absolute atomic E-state index is 11.4. The van der Waals surface area contributed by atoms with Crippen molar-refractivity contribution in [3.05, 3.63) is 17.5 Å². The van der Waals surface area contributed by atoms with E-state index >= 15 is 0 Å². The first-order chi connectivity index (χ1) is 5.52. The summed E-state index contributed by atoms with van der Waals surface area (Å²) in [6.45, 7) is 1.69. The minimum absolute atomic E-state index is 0.0213.